The zero-order valence-electron chi connectivity index (χ0n) is 10.1. The minimum atomic E-state index is 0.305. The van der Waals surface area contributed by atoms with E-state index in [1.165, 1.54) is 0 Å². The number of pyridine rings is 1. The first-order valence-electron chi connectivity index (χ1n) is 5.48. The number of aromatic nitrogens is 1. The Labute approximate surface area is 106 Å². The highest BCUT2D eigenvalue weighted by Crippen LogP contribution is 2.08. The fourth-order valence-corrected chi connectivity index (χ4v) is 1.53. The Kier molecular flexibility index (Phi) is 5.95. The van der Waals surface area contributed by atoms with E-state index in [0.717, 1.165) is 29.9 Å². The average molecular weight is 287 g/mol. The summed E-state index contributed by atoms with van der Waals surface area (Å²) in [7, 11) is 2.08. The van der Waals surface area contributed by atoms with Crippen molar-refractivity contribution in [2.24, 2.45) is 0 Å². The lowest BCUT2D eigenvalue weighted by atomic mass is 10.3. The zero-order chi connectivity index (χ0) is 12.0. The minimum Gasteiger partial charge on any atom is -0.377 e. The summed E-state index contributed by atoms with van der Waals surface area (Å²) < 4.78 is 6.52. The van der Waals surface area contributed by atoms with Gasteiger partial charge in [0, 0.05) is 23.8 Å². The topological polar surface area (TPSA) is 25.4 Å². The second-order valence-corrected chi connectivity index (χ2v) is 5.04. The summed E-state index contributed by atoms with van der Waals surface area (Å²) >= 11 is 3.37. The molecule has 0 amide bonds. The van der Waals surface area contributed by atoms with Gasteiger partial charge in [-0.1, -0.05) is 0 Å². The molecule has 0 fully saturated rings. The van der Waals surface area contributed by atoms with Crippen LogP contribution in [-0.2, 0) is 11.3 Å². The lowest BCUT2D eigenvalue weighted by Gasteiger charge is -2.17. The fourth-order valence-electron chi connectivity index (χ4n) is 1.30. The Balaban J connectivity index is 2.28. The molecule has 0 aliphatic heterocycles. The maximum atomic E-state index is 5.50. The first-order chi connectivity index (χ1) is 7.58. The average Bonchev–Trinajstić information content (AvgIpc) is 2.21. The summed E-state index contributed by atoms with van der Waals surface area (Å²) in [6.45, 7) is 6.65. The molecule has 0 spiro atoms. The van der Waals surface area contributed by atoms with Gasteiger partial charge >= 0.3 is 0 Å². The highest BCUT2D eigenvalue weighted by atomic mass is 79.9. The number of halogens is 1. The van der Waals surface area contributed by atoms with Crippen molar-refractivity contribution in [3.63, 3.8) is 0 Å². The van der Waals surface area contributed by atoms with Crippen LogP contribution in [0, 0.1) is 0 Å². The molecule has 0 aliphatic rings. The van der Waals surface area contributed by atoms with E-state index >= 15 is 0 Å². The molecular weight excluding hydrogens is 268 g/mol. The Morgan fingerprint density at radius 2 is 2.19 bits per heavy atom. The first kappa shape index (κ1) is 13.6. The van der Waals surface area contributed by atoms with Gasteiger partial charge in [0.2, 0.25) is 0 Å². The number of likely N-dealkylation sites (N-methyl/N-ethyl adjacent to an activating group) is 1. The van der Waals surface area contributed by atoms with Crippen molar-refractivity contribution in [1.82, 2.24) is 9.88 Å². The van der Waals surface area contributed by atoms with Crippen molar-refractivity contribution in [2.75, 3.05) is 20.2 Å². The lowest BCUT2D eigenvalue weighted by Crippen LogP contribution is -2.24. The van der Waals surface area contributed by atoms with Gasteiger partial charge in [-0.2, -0.15) is 0 Å². The van der Waals surface area contributed by atoms with E-state index in [1.54, 1.807) is 0 Å². The SMILES string of the molecule is CC(C)OCCN(C)Cc1ccc(Br)cn1. The second kappa shape index (κ2) is 6.99. The monoisotopic (exact) mass is 286 g/mol. The van der Waals surface area contributed by atoms with Gasteiger partial charge in [-0.3, -0.25) is 9.88 Å². The number of rotatable bonds is 6. The van der Waals surface area contributed by atoms with Crippen LogP contribution in [0.2, 0.25) is 0 Å². The summed E-state index contributed by atoms with van der Waals surface area (Å²) in [5.41, 5.74) is 1.08. The van der Waals surface area contributed by atoms with Crippen LogP contribution < -0.4 is 0 Å². The first-order valence-corrected chi connectivity index (χ1v) is 6.28. The summed E-state index contributed by atoms with van der Waals surface area (Å²) in [6.07, 6.45) is 2.13. The number of hydrogen-bond donors (Lipinski definition) is 0. The molecule has 90 valence electrons. The van der Waals surface area contributed by atoms with Gasteiger partial charge in [0.15, 0.2) is 0 Å². The molecule has 1 aromatic rings. The van der Waals surface area contributed by atoms with Crippen molar-refractivity contribution in [1.29, 1.82) is 0 Å². The second-order valence-electron chi connectivity index (χ2n) is 4.13. The van der Waals surface area contributed by atoms with E-state index in [-0.39, 0.29) is 0 Å². The largest absolute Gasteiger partial charge is 0.377 e. The third kappa shape index (κ3) is 5.58. The van der Waals surface area contributed by atoms with Gasteiger partial charge in [0.05, 0.1) is 18.4 Å². The normalized spacial score (nSPS) is 11.4. The standard InChI is InChI=1S/C12H19BrN2O/c1-10(2)16-7-6-15(3)9-12-5-4-11(13)8-14-12/h4-5,8,10H,6-7,9H2,1-3H3. The van der Waals surface area contributed by atoms with Crippen LogP contribution in [0.1, 0.15) is 19.5 Å². The lowest BCUT2D eigenvalue weighted by molar-refractivity contribution is 0.0625. The molecule has 0 N–H and O–H groups in total. The molecule has 0 saturated carbocycles. The molecule has 0 radical (unpaired) electrons. The predicted octanol–water partition coefficient (Wildman–Crippen LogP) is 2.70. The number of ether oxygens (including phenoxy) is 1. The summed E-state index contributed by atoms with van der Waals surface area (Å²) in [5.74, 6) is 0. The maximum Gasteiger partial charge on any atom is 0.0596 e. The van der Waals surface area contributed by atoms with E-state index in [0.29, 0.717) is 6.10 Å². The molecule has 0 bridgehead atoms. The third-order valence-corrected chi connectivity index (χ3v) is 2.61. The molecule has 3 nitrogen and oxygen atoms in total. The van der Waals surface area contributed by atoms with E-state index in [2.05, 4.69) is 46.7 Å². The molecule has 0 saturated heterocycles. The molecule has 1 rings (SSSR count). The molecule has 0 aliphatic carbocycles. The van der Waals surface area contributed by atoms with E-state index in [9.17, 15) is 0 Å². The summed E-state index contributed by atoms with van der Waals surface area (Å²) in [5, 5.41) is 0. The third-order valence-electron chi connectivity index (χ3n) is 2.14. The molecule has 4 heteroatoms. The van der Waals surface area contributed by atoms with Gasteiger partial charge < -0.3 is 4.74 Å². The van der Waals surface area contributed by atoms with Crippen LogP contribution in [-0.4, -0.2) is 36.2 Å². The van der Waals surface area contributed by atoms with Crippen molar-refractivity contribution >= 4 is 15.9 Å². The van der Waals surface area contributed by atoms with Gasteiger partial charge in [-0.15, -0.1) is 0 Å². The van der Waals surface area contributed by atoms with E-state index in [1.807, 2.05) is 18.3 Å². The van der Waals surface area contributed by atoms with Crippen LogP contribution >= 0.6 is 15.9 Å². The molecule has 1 heterocycles. The molecule has 0 atom stereocenters. The molecule has 0 unspecified atom stereocenters. The highest BCUT2D eigenvalue weighted by molar-refractivity contribution is 9.10. The number of hydrogen-bond acceptors (Lipinski definition) is 3. The van der Waals surface area contributed by atoms with Crippen molar-refractivity contribution in [3.8, 4) is 0 Å². The fraction of sp³-hybridized carbons (Fsp3) is 0.583. The highest BCUT2D eigenvalue weighted by Gasteiger charge is 2.02. The summed E-state index contributed by atoms with van der Waals surface area (Å²) in [6, 6.07) is 4.05. The van der Waals surface area contributed by atoms with Crippen LogP contribution in [0.25, 0.3) is 0 Å². The van der Waals surface area contributed by atoms with Crippen LogP contribution in [0.5, 0.6) is 0 Å². The summed E-state index contributed by atoms with van der Waals surface area (Å²) in [4.78, 5) is 6.54. The Morgan fingerprint density at radius 3 is 2.75 bits per heavy atom. The van der Waals surface area contributed by atoms with Gasteiger partial charge in [-0.25, -0.2) is 0 Å². The van der Waals surface area contributed by atoms with Crippen LogP contribution in [0.15, 0.2) is 22.8 Å². The van der Waals surface area contributed by atoms with Gasteiger partial charge in [-0.05, 0) is 49.0 Å². The van der Waals surface area contributed by atoms with Crippen LogP contribution in [0.4, 0.5) is 0 Å². The molecule has 16 heavy (non-hydrogen) atoms. The Bertz CT molecular complexity index is 300. The molecule has 0 aromatic carbocycles. The smallest absolute Gasteiger partial charge is 0.0596 e. The van der Waals surface area contributed by atoms with Gasteiger partial charge in [0.25, 0.3) is 0 Å². The minimum absolute atomic E-state index is 0.305. The quantitative estimate of drug-likeness (QED) is 0.804. The van der Waals surface area contributed by atoms with E-state index < -0.39 is 0 Å². The zero-order valence-corrected chi connectivity index (χ0v) is 11.7. The predicted molar refractivity (Wildman–Crippen MR) is 69.4 cm³/mol. The van der Waals surface area contributed by atoms with Crippen molar-refractivity contribution in [2.45, 2.75) is 26.5 Å². The van der Waals surface area contributed by atoms with Gasteiger partial charge in [0.1, 0.15) is 0 Å². The Morgan fingerprint density at radius 1 is 1.44 bits per heavy atom. The van der Waals surface area contributed by atoms with Crippen molar-refractivity contribution in [3.05, 3.63) is 28.5 Å². The molecule has 1 aromatic heterocycles. The maximum absolute atomic E-state index is 5.50. The van der Waals surface area contributed by atoms with E-state index in [4.69, 9.17) is 4.74 Å². The van der Waals surface area contributed by atoms with Crippen molar-refractivity contribution < 1.29 is 4.74 Å². The van der Waals surface area contributed by atoms with Crippen LogP contribution in [0.3, 0.4) is 0 Å². The Hall–Kier alpha value is -0.450. The molecular formula is C12H19BrN2O. The number of nitrogens with zero attached hydrogens (tertiary/aromatic N) is 2.